The first-order valence-corrected chi connectivity index (χ1v) is 19.2. The van der Waals surface area contributed by atoms with Crippen LogP contribution in [0.3, 0.4) is 0 Å². The molecule has 0 bridgehead atoms. The summed E-state index contributed by atoms with van der Waals surface area (Å²) < 4.78 is 11.2. The van der Waals surface area contributed by atoms with Crippen LogP contribution in [-0.4, -0.2) is 20.8 Å². The summed E-state index contributed by atoms with van der Waals surface area (Å²) >= 11 is 0. The second-order valence-electron chi connectivity index (χ2n) is 14.4. The van der Waals surface area contributed by atoms with E-state index in [9.17, 15) is 0 Å². The van der Waals surface area contributed by atoms with Gasteiger partial charge in [-0.05, 0) is 66.2 Å². The molecule has 8 aromatic carbocycles. The van der Waals surface area contributed by atoms with Crippen molar-refractivity contribution in [1.82, 2.24) is 9.13 Å². The molecule has 0 amide bonds. The number of hydrogen-bond donors (Lipinski definition) is 1. The molecule has 0 aliphatic carbocycles. The number of hydrogen-bond acceptors (Lipinski definition) is 2. The number of furan rings is 1. The first-order chi connectivity index (χ1) is 28.2. The second kappa shape index (κ2) is 13.3. The SMILES string of the molecule is NC(=NC(=NCc1ccccc1)c1cccc(-n2c3cc4c(cc3c3c5c(ccc32)oc2ccccc25)c2ccccc2n4-c2ccccc2)c1)c1ccccc1. The molecular weight excluding hydrogens is 699 g/mol. The van der Waals surface area contributed by atoms with Crippen molar-refractivity contribution in [3.05, 3.63) is 205 Å². The van der Waals surface area contributed by atoms with E-state index < -0.39 is 0 Å². The molecule has 270 valence electrons. The van der Waals surface area contributed by atoms with Crippen LogP contribution in [0.5, 0.6) is 0 Å². The molecule has 0 aliphatic heterocycles. The summed E-state index contributed by atoms with van der Waals surface area (Å²) in [4.78, 5) is 10.1. The molecule has 0 radical (unpaired) electrons. The van der Waals surface area contributed by atoms with Crippen LogP contribution in [0.2, 0.25) is 0 Å². The lowest BCUT2D eigenvalue weighted by Crippen LogP contribution is -2.16. The van der Waals surface area contributed by atoms with Gasteiger partial charge in [-0.3, -0.25) is 4.99 Å². The maximum absolute atomic E-state index is 6.67. The van der Waals surface area contributed by atoms with Crippen LogP contribution in [0.1, 0.15) is 16.7 Å². The third-order valence-electron chi connectivity index (χ3n) is 11.0. The Morgan fingerprint density at radius 3 is 1.93 bits per heavy atom. The summed E-state index contributed by atoms with van der Waals surface area (Å²) in [6.45, 7) is 0.467. The highest BCUT2D eigenvalue weighted by molar-refractivity contribution is 6.29. The average molecular weight is 734 g/mol. The van der Waals surface area contributed by atoms with Crippen molar-refractivity contribution in [2.24, 2.45) is 15.7 Å². The summed E-state index contributed by atoms with van der Waals surface area (Å²) in [6.07, 6.45) is 0. The molecule has 0 atom stereocenters. The maximum Gasteiger partial charge on any atom is 0.157 e. The van der Waals surface area contributed by atoms with Crippen LogP contribution < -0.4 is 5.73 Å². The number of aromatic nitrogens is 2. The van der Waals surface area contributed by atoms with Gasteiger partial charge in [0.25, 0.3) is 0 Å². The van der Waals surface area contributed by atoms with E-state index in [1.54, 1.807) is 0 Å². The van der Waals surface area contributed by atoms with E-state index >= 15 is 0 Å². The number of amidine groups is 2. The number of nitrogens with two attached hydrogens (primary N) is 1. The van der Waals surface area contributed by atoms with Crippen LogP contribution >= 0.6 is 0 Å². The number of para-hydroxylation sites is 3. The van der Waals surface area contributed by atoms with Gasteiger partial charge in [0.1, 0.15) is 17.0 Å². The third kappa shape index (κ3) is 5.41. The van der Waals surface area contributed by atoms with Gasteiger partial charge in [0.05, 0.1) is 28.6 Å². The van der Waals surface area contributed by atoms with Crippen molar-refractivity contribution in [1.29, 1.82) is 0 Å². The van der Waals surface area contributed by atoms with E-state index in [-0.39, 0.29) is 0 Å². The molecule has 2 N–H and O–H groups in total. The quantitative estimate of drug-likeness (QED) is 0.136. The fraction of sp³-hybridized carbons (Fsp3) is 0.0196. The normalized spacial score (nSPS) is 12.6. The molecule has 3 heterocycles. The Labute approximate surface area is 328 Å². The molecule has 3 aromatic heterocycles. The molecule has 6 nitrogen and oxygen atoms in total. The van der Waals surface area contributed by atoms with Crippen molar-refractivity contribution in [2.45, 2.75) is 6.54 Å². The van der Waals surface area contributed by atoms with E-state index in [0.29, 0.717) is 18.2 Å². The highest BCUT2D eigenvalue weighted by Gasteiger charge is 2.22. The lowest BCUT2D eigenvalue weighted by atomic mass is 10.0. The van der Waals surface area contributed by atoms with Crippen molar-refractivity contribution in [2.75, 3.05) is 0 Å². The Kier molecular flexibility index (Phi) is 7.60. The van der Waals surface area contributed by atoms with Crippen molar-refractivity contribution in [3.8, 4) is 11.4 Å². The van der Waals surface area contributed by atoms with Crippen LogP contribution in [0, 0.1) is 0 Å². The summed E-state index contributed by atoms with van der Waals surface area (Å²) in [7, 11) is 0. The number of fused-ring (bicyclic) bond motifs is 10. The molecule has 0 saturated carbocycles. The van der Waals surface area contributed by atoms with Gasteiger partial charge in [0, 0.05) is 54.8 Å². The van der Waals surface area contributed by atoms with E-state index in [1.807, 2.05) is 60.7 Å². The van der Waals surface area contributed by atoms with Gasteiger partial charge in [-0.1, -0.05) is 127 Å². The fourth-order valence-corrected chi connectivity index (χ4v) is 8.43. The van der Waals surface area contributed by atoms with Gasteiger partial charge in [0.15, 0.2) is 5.84 Å². The minimum Gasteiger partial charge on any atom is -0.456 e. The van der Waals surface area contributed by atoms with Gasteiger partial charge in [-0.2, -0.15) is 0 Å². The standard InChI is InChI=1S/C51H35N5O/c52-50(34-17-6-2-7-18-34)54-51(53-32-33-15-4-1-5-16-33)35-19-14-22-37(29-35)56-43-27-28-47-49(39-24-11-13-26-46(39)57-47)48(43)41-30-40-38-23-10-12-25-42(38)55(44(40)31-45(41)56)36-20-8-3-9-21-36/h1-31H,32H2,(H2,52,53,54). The smallest absolute Gasteiger partial charge is 0.157 e. The zero-order valence-electron chi connectivity index (χ0n) is 30.9. The second-order valence-corrected chi connectivity index (χ2v) is 14.4. The predicted octanol–water partition coefficient (Wildman–Crippen LogP) is 12.1. The van der Waals surface area contributed by atoms with E-state index in [2.05, 4.69) is 137 Å². The van der Waals surface area contributed by atoms with Gasteiger partial charge >= 0.3 is 0 Å². The van der Waals surface area contributed by atoms with E-state index in [4.69, 9.17) is 20.1 Å². The fourth-order valence-electron chi connectivity index (χ4n) is 8.43. The average Bonchev–Trinajstić information content (AvgIpc) is 3.92. The number of rotatable bonds is 6. The predicted molar refractivity (Wildman–Crippen MR) is 236 cm³/mol. The Morgan fingerprint density at radius 2 is 1.11 bits per heavy atom. The van der Waals surface area contributed by atoms with Crippen molar-refractivity contribution >= 4 is 77.2 Å². The molecule has 0 fully saturated rings. The summed E-state index contributed by atoms with van der Waals surface area (Å²) in [5, 5.41) is 6.92. The summed E-state index contributed by atoms with van der Waals surface area (Å²) in [5.41, 5.74) is 17.8. The lowest BCUT2D eigenvalue weighted by Gasteiger charge is -2.12. The van der Waals surface area contributed by atoms with Crippen LogP contribution in [0.4, 0.5) is 0 Å². The highest BCUT2D eigenvalue weighted by Crippen LogP contribution is 2.44. The molecule has 0 spiro atoms. The van der Waals surface area contributed by atoms with Gasteiger partial charge in [0.2, 0.25) is 0 Å². The number of aliphatic imine (C=N–C) groups is 2. The first kappa shape index (κ1) is 32.7. The van der Waals surface area contributed by atoms with Crippen molar-refractivity contribution < 1.29 is 4.42 Å². The van der Waals surface area contributed by atoms with Crippen LogP contribution in [0.25, 0.3) is 76.9 Å². The monoisotopic (exact) mass is 733 g/mol. The zero-order chi connectivity index (χ0) is 37.9. The van der Waals surface area contributed by atoms with Gasteiger partial charge < -0.3 is 19.3 Å². The molecule has 57 heavy (non-hydrogen) atoms. The maximum atomic E-state index is 6.67. The molecule has 0 aliphatic rings. The largest absolute Gasteiger partial charge is 0.456 e. The molecule has 0 saturated heterocycles. The lowest BCUT2D eigenvalue weighted by molar-refractivity contribution is 0.669. The molecule has 0 unspecified atom stereocenters. The topological polar surface area (TPSA) is 73.7 Å². The van der Waals surface area contributed by atoms with Gasteiger partial charge in [-0.25, -0.2) is 4.99 Å². The van der Waals surface area contributed by atoms with Crippen LogP contribution in [-0.2, 0) is 6.54 Å². The molecular formula is C51H35N5O. The minimum absolute atomic E-state index is 0.412. The zero-order valence-corrected chi connectivity index (χ0v) is 30.9. The Morgan fingerprint density at radius 1 is 0.456 bits per heavy atom. The van der Waals surface area contributed by atoms with E-state index in [0.717, 1.165) is 82.8 Å². The highest BCUT2D eigenvalue weighted by atomic mass is 16.3. The summed E-state index contributed by atoms with van der Waals surface area (Å²) in [6, 6.07) is 65.2. The molecule has 11 aromatic rings. The minimum atomic E-state index is 0.412. The number of nitrogens with zero attached hydrogens (tertiary/aromatic N) is 4. The Hall–Kier alpha value is -7.70. The Balaban J connectivity index is 1.21. The van der Waals surface area contributed by atoms with Crippen molar-refractivity contribution in [3.63, 3.8) is 0 Å². The number of benzene rings is 8. The van der Waals surface area contributed by atoms with E-state index in [1.165, 1.54) is 10.8 Å². The molecule has 6 heteroatoms. The summed E-state index contributed by atoms with van der Waals surface area (Å²) in [5.74, 6) is 0.979. The third-order valence-corrected chi connectivity index (χ3v) is 11.0. The first-order valence-electron chi connectivity index (χ1n) is 19.2. The Bertz CT molecular complexity index is 3370. The molecule has 11 rings (SSSR count). The van der Waals surface area contributed by atoms with Crippen LogP contribution in [0.15, 0.2) is 202 Å². The van der Waals surface area contributed by atoms with Gasteiger partial charge in [-0.15, -0.1) is 0 Å².